The van der Waals surface area contributed by atoms with Crippen LogP contribution in [0.5, 0.6) is 0 Å². The van der Waals surface area contributed by atoms with Crippen molar-refractivity contribution in [3.8, 4) is 0 Å². The molecule has 84 valence electrons. The lowest BCUT2D eigenvalue weighted by Gasteiger charge is -2.05. The SMILES string of the molecule is CC(O)Cc1cnc(CC2CCCO2)o1. The second-order valence-corrected chi connectivity index (χ2v) is 4.11. The Balaban J connectivity index is 1.88. The first-order valence-corrected chi connectivity index (χ1v) is 5.47. The van der Waals surface area contributed by atoms with Gasteiger partial charge >= 0.3 is 0 Å². The monoisotopic (exact) mass is 211 g/mol. The predicted molar refractivity (Wildman–Crippen MR) is 54.6 cm³/mol. The van der Waals surface area contributed by atoms with Gasteiger partial charge in [0.25, 0.3) is 0 Å². The maximum absolute atomic E-state index is 9.19. The summed E-state index contributed by atoms with van der Waals surface area (Å²) >= 11 is 0. The Bertz CT molecular complexity index is 303. The van der Waals surface area contributed by atoms with E-state index in [0.717, 1.165) is 37.5 Å². The van der Waals surface area contributed by atoms with Crippen molar-refractivity contribution in [2.24, 2.45) is 0 Å². The van der Waals surface area contributed by atoms with Crippen molar-refractivity contribution >= 4 is 0 Å². The molecule has 2 unspecified atom stereocenters. The molecule has 1 saturated heterocycles. The summed E-state index contributed by atoms with van der Waals surface area (Å²) in [5, 5.41) is 9.19. The molecule has 2 rings (SSSR count). The molecule has 0 amide bonds. The van der Waals surface area contributed by atoms with Crippen LogP contribution in [0.15, 0.2) is 10.6 Å². The van der Waals surface area contributed by atoms with Gasteiger partial charge < -0.3 is 14.3 Å². The Labute approximate surface area is 89.3 Å². The fraction of sp³-hybridized carbons (Fsp3) is 0.727. The highest BCUT2D eigenvalue weighted by atomic mass is 16.5. The lowest BCUT2D eigenvalue weighted by Crippen LogP contribution is -2.08. The first kappa shape index (κ1) is 10.6. The van der Waals surface area contributed by atoms with E-state index in [4.69, 9.17) is 9.15 Å². The van der Waals surface area contributed by atoms with E-state index in [1.165, 1.54) is 0 Å². The average Bonchev–Trinajstić information content (AvgIpc) is 2.77. The maximum atomic E-state index is 9.19. The molecule has 2 atom stereocenters. The van der Waals surface area contributed by atoms with Crippen molar-refractivity contribution in [2.45, 2.75) is 44.8 Å². The van der Waals surface area contributed by atoms with Gasteiger partial charge in [0.15, 0.2) is 5.89 Å². The highest BCUT2D eigenvalue weighted by molar-refractivity contribution is 4.96. The Morgan fingerprint density at radius 1 is 1.67 bits per heavy atom. The molecule has 1 fully saturated rings. The van der Waals surface area contributed by atoms with Crippen molar-refractivity contribution in [1.82, 2.24) is 4.98 Å². The molecule has 0 bridgehead atoms. The van der Waals surface area contributed by atoms with Crippen LogP contribution >= 0.6 is 0 Å². The number of aliphatic hydroxyl groups excluding tert-OH is 1. The van der Waals surface area contributed by atoms with E-state index in [2.05, 4.69) is 4.98 Å². The van der Waals surface area contributed by atoms with E-state index in [-0.39, 0.29) is 12.2 Å². The van der Waals surface area contributed by atoms with Gasteiger partial charge in [0, 0.05) is 13.0 Å². The third kappa shape index (κ3) is 3.04. The van der Waals surface area contributed by atoms with Gasteiger partial charge in [-0.15, -0.1) is 0 Å². The molecule has 0 aromatic carbocycles. The number of rotatable bonds is 4. The average molecular weight is 211 g/mol. The van der Waals surface area contributed by atoms with E-state index in [1.54, 1.807) is 13.1 Å². The van der Waals surface area contributed by atoms with Gasteiger partial charge in [0.05, 0.1) is 24.8 Å². The zero-order valence-corrected chi connectivity index (χ0v) is 8.98. The lowest BCUT2D eigenvalue weighted by atomic mass is 10.2. The second-order valence-electron chi connectivity index (χ2n) is 4.11. The van der Waals surface area contributed by atoms with Gasteiger partial charge in [-0.1, -0.05) is 0 Å². The van der Waals surface area contributed by atoms with Crippen LogP contribution in [-0.4, -0.2) is 28.9 Å². The smallest absolute Gasteiger partial charge is 0.196 e. The highest BCUT2D eigenvalue weighted by Gasteiger charge is 2.18. The van der Waals surface area contributed by atoms with Crippen LogP contribution in [0.25, 0.3) is 0 Å². The van der Waals surface area contributed by atoms with Crippen molar-refractivity contribution in [2.75, 3.05) is 6.61 Å². The molecule has 1 aromatic rings. The molecule has 0 spiro atoms. The summed E-state index contributed by atoms with van der Waals surface area (Å²) in [4.78, 5) is 4.17. The zero-order valence-electron chi connectivity index (χ0n) is 8.98. The molecular formula is C11H17NO3. The third-order valence-corrected chi connectivity index (χ3v) is 2.52. The van der Waals surface area contributed by atoms with Gasteiger partial charge in [-0.3, -0.25) is 0 Å². The van der Waals surface area contributed by atoms with Crippen LogP contribution in [0.3, 0.4) is 0 Å². The van der Waals surface area contributed by atoms with E-state index < -0.39 is 0 Å². The van der Waals surface area contributed by atoms with Crippen LogP contribution in [0.4, 0.5) is 0 Å². The number of oxazole rings is 1. The Hall–Kier alpha value is -0.870. The second kappa shape index (κ2) is 4.77. The standard InChI is InChI=1S/C11H17NO3/c1-8(13)5-10-7-12-11(15-10)6-9-3-2-4-14-9/h7-9,13H,2-6H2,1H3. The van der Waals surface area contributed by atoms with Gasteiger partial charge in [0.1, 0.15) is 5.76 Å². The largest absolute Gasteiger partial charge is 0.446 e. The van der Waals surface area contributed by atoms with Crippen LogP contribution in [0.1, 0.15) is 31.4 Å². The molecule has 4 heteroatoms. The molecule has 2 heterocycles. The topological polar surface area (TPSA) is 55.5 Å². The molecule has 1 aromatic heterocycles. The number of ether oxygens (including phenoxy) is 1. The van der Waals surface area contributed by atoms with Crippen LogP contribution in [-0.2, 0) is 17.6 Å². The van der Waals surface area contributed by atoms with Gasteiger partial charge in [-0.05, 0) is 19.8 Å². The quantitative estimate of drug-likeness (QED) is 0.816. The summed E-state index contributed by atoms with van der Waals surface area (Å²) in [5.74, 6) is 1.47. The number of hydrogen-bond acceptors (Lipinski definition) is 4. The summed E-state index contributed by atoms with van der Waals surface area (Å²) in [5.41, 5.74) is 0. The van der Waals surface area contributed by atoms with E-state index >= 15 is 0 Å². The van der Waals surface area contributed by atoms with Crippen molar-refractivity contribution in [1.29, 1.82) is 0 Å². The van der Waals surface area contributed by atoms with Gasteiger partial charge in [-0.2, -0.15) is 0 Å². The molecule has 1 N–H and O–H groups in total. The molecule has 0 radical (unpaired) electrons. The minimum absolute atomic E-state index is 0.267. The predicted octanol–water partition coefficient (Wildman–Crippen LogP) is 1.32. The maximum Gasteiger partial charge on any atom is 0.196 e. The number of aliphatic hydroxyl groups is 1. The van der Waals surface area contributed by atoms with Crippen LogP contribution in [0.2, 0.25) is 0 Å². The molecule has 0 saturated carbocycles. The number of aromatic nitrogens is 1. The lowest BCUT2D eigenvalue weighted by molar-refractivity contribution is 0.105. The Kier molecular flexibility index (Phi) is 3.38. The third-order valence-electron chi connectivity index (χ3n) is 2.52. The molecule has 0 aliphatic carbocycles. The number of nitrogens with zero attached hydrogens (tertiary/aromatic N) is 1. The first-order chi connectivity index (χ1) is 7.24. The van der Waals surface area contributed by atoms with Crippen molar-refractivity contribution in [3.63, 3.8) is 0 Å². The van der Waals surface area contributed by atoms with Crippen molar-refractivity contribution in [3.05, 3.63) is 17.8 Å². The summed E-state index contributed by atoms with van der Waals surface area (Å²) in [6.07, 6.45) is 5.08. The normalized spacial score (nSPS) is 23.2. The van der Waals surface area contributed by atoms with Gasteiger partial charge in [0.2, 0.25) is 0 Å². The molecule has 1 aliphatic heterocycles. The summed E-state index contributed by atoms with van der Waals surface area (Å²) in [6.45, 7) is 2.59. The van der Waals surface area contributed by atoms with E-state index in [0.29, 0.717) is 6.42 Å². The highest BCUT2D eigenvalue weighted by Crippen LogP contribution is 2.17. The number of hydrogen-bond donors (Lipinski definition) is 1. The van der Waals surface area contributed by atoms with E-state index in [1.807, 2.05) is 0 Å². The minimum atomic E-state index is -0.381. The molecule has 15 heavy (non-hydrogen) atoms. The Morgan fingerprint density at radius 3 is 3.20 bits per heavy atom. The summed E-state index contributed by atoms with van der Waals surface area (Å²) in [7, 11) is 0. The molecule has 4 nitrogen and oxygen atoms in total. The molecular weight excluding hydrogens is 194 g/mol. The van der Waals surface area contributed by atoms with E-state index in [9.17, 15) is 5.11 Å². The van der Waals surface area contributed by atoms with Crippen molar-refractivity contribution < 1.29 is 14.3 Å². The summed E-state index contributed by atoms with van der Waals surface area (Å²) in [6, 6.07) is 0. The van der Waals surface area contributed by atoms with Crippen LogP contribution < -0.4 is 0 Å². The minimum Gasteiger partial charge on any atom is -0.446 e. The first-order valence-electron chi connectivity index (χ1n) is 5.47. The van der Waals surface area contributed by atoms with Crippen LogP contribution in [0, 0.1) is 0 Å². The summed E-state index contributed by atoms with van der Waals surface area (Å²) < 4.78 is 11.0. The fourth-order valence-corrected chi connectivity index (χ4v) is 1.83. The fourth-order valence-electron chi connectivity index (χ4n) is 1.83. The van der Waals surface area contributed by atoms with Gasteiger partial charge in [-0.25, -0.2) is 4.98 Å². The zero-order chi connectivity index (χ0) is 10.7. The Morgan fingerprint density at radius 2 is 2.53 bits per heavy atom. The molecule has 1 aliphatic rings.